The first-order valence-electron chi connectivity index (χ1n) is 21.0. The predicted octanol–water partition coefficient (Wildman–Crippen LogP) is 2.15. The fraction of sp³-hybridized carbons (Fsp3) is 0.952. The van der Waals surface area contributed by atoms with Gasteiger partial charge in [0, 0.05) is 0 Å². The molecule has 0 aromatic heterocycles. The van der Waals surface area contributed by atoms with Gasteiger partial charge in [-0.15, -0.1) is 0 Å². The summed E-state index contributed by atoms with van der Waals surface area (Å²) in [6.45, 7) is 15.7. The Hall–Kier alpha value is -0.780. The lowest BCUT2D eigenvalue weighted by molar-refractivity contribution is -0.379. The molecule has 318 valence electrons. The maximum atomic E-state index is 12.2. The Balaban J connectivity index is 1.34. The minimum atomic E-state index is -1.69. The number of fused-ring (bicyclic) bond motifs is 5. The van der Waals surface area contributed by atoms with Gasteiger partial charge in [-0.3, -0.25) is 0 Å². The molecule has 2 heterocycles. The molecule has 0 bridgehead atoms. The van der Waals surface area contributed by atoms with Gasteiger partial charge in [-0.25, -0.2) is 0 Å². The van der Waals surface area contributed by atoms with Crippen molar-refractivity contribution >= 4 is 0 Å². The fourth-order valence-corrected chi connectivity index (χ4v) is 12.9. The third kappa shape index (κ3) is 7.52. The predicted molar refractivity (Wildman–Crippen MR) is 201 cm³/mol. The summed E-state index contributed by atoms with van der Waals surface area (Å²) in [4.78, 5) is 0. The molecule has 2 saturated heterocycles. The van der Waals surface area contributed by atoms with Crippen LogP contribution in [0.4, 0.5) is 0 Å². The van der Waals surface area contributed by atoms with Gasteiger partial charge >= 0.3 is 0 Å². The van der Waals surface area contributed by atoms with E-state index in [0.29, 0.717) is 32.1 Å². The molecule has 6 aliphatic rings. The van der Waals surface area contributed by atoms with Crippen molar-refractivity contribution in [1.82, 2.24) is 0 Å². The summed E-state index contributed by atoms with van der Waals surface area (Å²) in [7, 11) is 0. The molecule has 4 aliphatic carbocycles. The van der Waals surface area contributed by atoms with Crippen LogP contribution in [0.1, 0.15) is 113 Å². The van der Waals surface area contributed by atoms with Crippen LogP contribution in [0.25, 0.3) is 0 Å². The Morgan fingerprint density at radius 1 is 0.818 bits per heavy atom. The smallest absolute Gasteiger partial charge is 0.187 e. The van der Waals surface area contributed by atoms with E-state index in [-0.39, 0.29) is 35.0 Å². The normalized spacial score (nSPS) is 52.5. The first-order chi connectivity index (χ1) is 25.6. The third-order valence-corrected chi connectivity index (χ3v) is 16.2. The number of allylic oxidation sites excluding steroid dienone is 2. The van der Waals surface area contributed by atoms with E-state index in [2.05, 4.69) is 33.8 Å². The Kier molecular flexibility index (Phi) is 12.7. The largest absolute Gasteiger partial charge is 0.394 e. The van der Waals surface area contributed by atoms with Crippen molar-refractivity contribution in [3.63, 3.8) is 0 Å². The first-order valence-corrected chi connectivity index (χ1v) is 21.0. The zero-order valence-electron chi connectivity index (χ0n) is 34.2. The molecule has 21 atom stereocenters. The fourth-order valence-electron chi connectivity index (χ4n) is 12.9. The van der Waals surface area contributed by atoms with Crippen molar-refractivity contribution < 1.29 is 64.9 Å². The van der Waals surface area contributed by atoms with Crippen molar-refractivity contribution in [2.24, 2.45) is 45.8 Å². The van der Waals surface area contributed by atoms with Crippen LogP contribution < -0.4 is 0 Å². The molecule has 4 saturated carbocycles. The van der Waals surface area contributed by atoms with Crippen molar-refractivity contribution in [2.75, 3.05) is 6.61 Å². The monoisotopic (exact) mass is 784 g/mol. The summed E-state index contributed by atoms with van der Waals surface area (Å²) in [6.07, 6.45) is -7.68. The molecule has 6 unspecified atom stereocenters. The number of rotatable bonds is 10. The number of aliphatic hydroxyl groups is 9. The summed E-state index contributed by atoms with van der Waals surface area (Å²) in [5.41, 5.74) is -1.07. The summed E-state index contributed by atoms with van der Waals surface area (Å²) < 4.78 is 25.0. The SMILES string of the molecule is CC/C(C)=C/CC[C@](C)(O)C1CC[C@]2(C)C3C[C@@H](O[C@@H]4O[C@H](CO)[C@@H](O)[C@H](O)[C@H]4O[C@@H]4O[C@@H](C)[C@H](O)[C@@H](O)[C@H]4O)C4C(C)(C)C(O)CC[C@]4(C)C3C[C@H](O)C12. The van der Waals surface area contributed by atoms with E-state index in [1.165, 1.54) is 12.5 Å². The van der Waals surface area contributed by atoms with E-state index in [4.69, 9.17) is 18.9 Å². The Bertz CT molecular complexity index is 1360. The van der Waals surface area contributed by atoms with Crippen molar-refractivity contribution in [2.45, 2.75) is 199 Å². The van der Waals surface area contributed by atoms with Gasteiger partial charge in [0.1, 0.15) is 42.7 Å². The van der Waals surface area contributed by atoms with Gasteiger partial charge in [-0.2, -0.15) is 0 Å². The topological polar surface area (TPSA) is 219 Å². The van der Waals surface area contributed by atoms with E-state index >= 15 is 0 Å². The highest BCUT2D eigenvalue weighted by Gasteiger charge is 2.69. The molecule has 0 amide bonds. The van der Waals surface area contributed by atoms with Gasteiger partial charge in [0.05, 0.1) is 36.6 Å². The lowest BCUT2D eigenvalue weighted by Crippen LogP contribution is -2.68. The van der Waals surface area contributed by atoms with E-state index in [9.17, 15) is 46.0 Å². The van der Waals surface area contributed by atoms with Crippen LogP contribution >= 0.6 is 0 Å². The third-order valence-electron chi connectivity index (χ3n) is 16.2. The Morgan fingerprint density at radius 2 is 1.47 bits per heavy atom. The molecule has 0 radical (unpaired) electrons. The Labute approximate surface area is 327 Å². The highest BCUT2D eigenvalue weighted by Crippen LogP contribution is 2.71. The van der Waals surface area contributed by atoms with Gasteiger partial charge in [0.15, 0.2) is 12.6 Å². The van der Waals surface area contributed by atoms with Crippen LogP contribution in [-0.2, 0) is 18.9 Å². The molecule has 0 spiro atoms. The quantitative estimate of drug-likeness (QED) is 0.115. The lowest BCUT2D eigenvalue weighted by atomic mass is 9.39. The number of aliphatic hydroxyl groups excluding tert-OH is 8. The molecular weight excluding hydrogens is 712 g/mol. The molecule has 0 aromatic carbocycles. The molecule has 55 heavy (non-hydrogen) atoms. The Morgan fingerprint density at radius 3 is 2.13 bits per heavy atom. The van der Waals surface area contributed by atoms with Gasteiger partial charge < -0.3 is 64.9 Å². The number of hydrogen-bond donors (Lipinski definition) is 9. The molecule has 0 aromatic rings. The van der Waals surface area contributed by atoms with Gasteiger partial charge in [0.25, 0.3) is 0 Å². The number of hydrogen-bond acceptors (Lipinski definition) is 13. The van der Waals surface area contributed by atoms with Crippen molar-refractivity contribution in [3.8, 4) is 0 Å². The second-order valence-corrected chi connectivity index (χ2v) is 19.8. The van der Waals surface area contributed by atoms with E-state index in [0.717, 1.165) is 25.7 Å². The van der Waals surface area contributed by atoms with Crippen molar-refractivity contribution in [1.29, 1.82) is 0 Å². The first kappa shape index (κ1) is 43.8. The molecule has 13 nitrogen and oxygen atoms in total. The summed E-state index contributed by atoms with van der Waals surface area (Å²) >= 11 is 0. The van der Waals surface area contributed by atoms with Crippen LogP contribution in [0.15, 0.2) is 11.6 Å². The number of ether oxygens (including phenoxy) is 4. The van der Waals surface area contributed by atoms with Gasteiger partial charge in [0.2, 0.25) is 0 Å². The highest BCUT2D eigenvalue weighted by molar-refractivity contribution is 5.18. The minimum absolute atomic E-state index is 0.0642. The average Bonchev–Trinajstić information content (AvgIpc) is 3.51. The molecule has 9 N–H and O–H groups in total. The second-order valence-electron chi connectivity index (χ2n) is 19.8. The summed E-state index contributed by atoms with van der Waals surface area (Å²) in [5.74, 6) is -0.335. The summed E-state index contributed by atoms with van der Waals surface area (Å²) in [5, 5.41) is 100. The van der Waals surface area contributed by atoms with E-state index < -0.39 is 103 Å². The van der Waals surface area contributed by atoms with Gasteiger partial charge in [-0.05, 0) is 124 Å². The maximum absolute atomic E-state index is 12.2. The van der Waals surface area contributed by atoms with Crippen LogP contribution in [0.2, 0.25) is 0 Å². The lowest BCUT2D eigenvalue weighted by Gasteiger charge is -2.68. The molecule has 6 rings (SSSR count). The van der Waals surface area contributed by atoms with Crippen LogP contribution in [0, 0.1) is 45.8 Å². The minimum Gasteiger partial charge on any atom is -0.394 e. The van der Waals surface area contributed by atoms with Crippen molar-refractivity contribution in [3.05, 3.63) is 11.6 Å². The maximum Gasteiger partial charge on any atom is 0.187 e. The second kappa shape index (κ2) is 16.0. The van der Waals surface area contributed by atoms with Gasteiger partial charge in [-0.1, -0.05) is 46.3 Å². The van der Waals surface area contributed by atoms with E-state index in [1.807, 2.05) is 20.8 Å². The van der Waals surface area contributed by atoms with Crippen LogP contribution in [-0.4, -0.2) is 138 Å². The highest BCUT2D eigenvalue weighted by atomic mass is 16.8. The zero-order chi connectivity index (χ0) is 40.6. The molecule has 6 fully saturated rings. The standard InChI is InChI=1S/C42H72O13/c1-9-20(2)11-10-14-42(8,51)22-12-15-40(6)24-18-26(36-39(4,5)28(45)13-16-41(36,7)23(24)17-25(44)29(22)40)53-38-35(33(49)31(47)27(19-43)54-38)55-37-34(50)32(48)30(46)21(3)52-37/h11,21-38,43-51H,9-10,12-19H2,1-8H3/b20-11+/t21-,22?,23?,24?,25-,26+,27+,28?,29?,30-,31+,32+,33-,34+,35+,36?,37-,38+,40+,41+,42-/m0/s1. The zero-order valence-corrected chi connectivity index (χ0v) is 34.2. The van der Waals surface area contributed by atoms with E-state index in [1.54, 1.807) is 0 Å². The molecule has 13 heteroatoms. The molecule has 2 aliphatic heterocycles. The molecular formula is C42H72O13. The average molecular weight is 785 g/mol. The van der Waals surface area contributed by atoms with Crippen LogP contribution in [0.3, 0.4) is 0 Å². The van der Waals surface area contributed by atoms with Crippen LogP contribution in [0.5, 0.6) is 0 Å². The summed E-state index contributed by atoms with van der Waals surface area (Å²) in [6, 6.07) is 0.